The maximum absolute atomic E-state index is 4.46. The summed E-state index contributed by atoms with van der Waals surface area (Å²) >= 11 is 5.31. The highest BCUT2D eigenvalue weighted by Crippen LogP contribution is 2.23. The number of nitrogens with one attached hydrogen (secondary N) is 1. The minimum absolute atomic E-state index is 0.300. The summed E-state index contributed by atoms with van der Waals surface area (Å²) in [6.45, 7) is 5.29. The third kappa shape index (κ3) is 3.01. The Hall–Kier alpha value is -0.480. The van der Waals surface area contributed by atoms with Crippen LogP contribution < -0.4 is 5.32 Å². The van der Waals surface area contributed by atoms with E-state index in [9.17, 15) is 0 Å². The highest BCUT2D eigenvalue weighted by Gasteiger charge is 2.17. The number of hydrogen-bond acceptors (Lipinski definition) is 3. The Labute approximate surface area is 109 Å². The Kier molecular flexibility index (Phi) is 3.92. The Morgan fingerprint density at radius 1 is 1.56 bits per heavy atom. The normalized spacial score (nSPS) is 21.7. The Morgan fingerprint density at radius 3 is 3.00 bits per heavy atom. The number of amidine groups is 1. The quantitative estimate of drug-likeness (QED) is 0.902. The van der Waals surface area contributed by atoms with E-state index in [4.69, 9.17) is 0 Å². The standard InChI is InChI=1S/C12H15BrN2S/c1-8-7-14-12(16-8)15-9(2)10-4-3-5-11(13)6-10/h3-6,8-9H,7H2,1-2H3,(H,14,15). The molecule has 1 aliphatic heterocycles. The van der Waals surface area contributed by atoms with Crippen LogP contribution in [0.5, 0.6) is 0 Å². The third-order valence-electron chi connectivity index (χ3n) is 2.49. The van der Waals surface area contributed by atoms with Crippen molar-refractivity contribution in [2.75, 3.05) is 6.54 Å². The van der Waals surface area contributed by atoms with Crippen LogP contribution in [0.2, 0.25) is 0 Å². The maximum atomic E-state index is 4.46. The summed E-state index contributed by atoms with van der Waals surface area (Å²) in [4.78, 5) is 4.46. The molecule has 2 nitrogen and oxygen atoms in total. The average Bonchev–Trinajstić information content (AvgIpc) is 2.64. The van der Waals surface area contributed by atoms with Gasteiger partial charge in [-0.1, -0.05) is 46.7 Å². The molecule has 16 heavy (non-hydrogen) atoms. The van der Waals surface area contributed by atoms with Crippen molar-refractivity contribution in [1.29, 1.82) is 0 Å². The minimum Gasteiger partial charge on any atom is -0.358 e. The molecule has 0 aliphatic carbocycles. The summed E-state index contributed by atoms with van der Waals surface area (Å²) in [6, 6.07) is 8.67. The van der Waals surface area contributed by atoms with Crippen LogP contribution in [-0.4, -0.2) is 17.0 Å². The Bertz CT molecular complexity index is 406. The Morgan fingerprint density at radius 2 is 2.38 bits per heavy atom. The van der Waals surface area contributed by atoms with E-state index in [0.29, 0.717) is 11.3 Å². The number of benzene rings is 1. The summed E-state index contributed by atoms with van der Waals surface area (Å²) in [5.41, 5.74) is 1.28. The van der Waals surface area contributed by atoms with Gasteiger partial charge in [0.2, 0.25) is 0 Å². The molecule has 2 unspecified atom stereocenters. The van der Waals surface area contributed by atoms with Gasteiger partial charge in [-0.2, -0.15) is 0 Å². The van der Waals surface area contributed by atoms with Crippen molar-refractivity contribution in [2.24, 2.45) is 4.99 Å². The first-order chi connectivity index (χ1) is 7.65. The number of thioether (sulfide) groups is 1. The Balaban J connectivity index is 2.00. The van der Waals surface area contributed by atoms with Gasteiger partial charge in [0.05, 0.1) is 12.6 Å². The van der Waals surface area contributed by atoms with E-state index in [1.807, 2.05) is 17.8 Å². The molecule has 0 aromatic heterocycles. The molecular formula is C12H15BrN2S. The van der Waals surface area contributed by atoms with E-state index in [1.165, 1.54) is 5.56 Å². The summed E-state index contributed by atoms with van der Waals surface area (Å²) in [5.74, 6) is 0. The minimum atomic E-state index is 0.300. The van der Waals surface area contributed by atoms with Crippen molar-refractivity contribution in [3.8, 4) is 0 Å². The molecule has 0 saturated heterocycles. The molecule has 0 bridgehead atoms. The van der Waals surface area contributed by atoms with Gasteiger partial charge in [0.25, 0.3) is 0 Å². The van der Waals surface area contributed by atoms with Crippen LogP contribution in [0.1, 0.15) is 25.5 Å². The van der Waals surface area contributed by atoms with Crippen molar-refractivity contribution in [2.45, 2.75) is 25.1 Å². The van der Waals surface area contributed by atoms with Crippen molar-refractivity contribution in [3.63, 3.8) is 0 Å². The SMILES string of the molecule is CC1CN=C(NC(C)c2cccc(Br)c2)S1. The summed E-state index contributed by atoms with van der Waals surface area (Å²) < 4.78 is 1.12. The van der Waals surface area contributed by atoms with Crippen molar-refractivity contribution < 1.29 is 0 Å². The van der Waals surface area contributed by atoms with Crippen LogP contribution in [-0.2, 0) is 0 Å². The number of hydrogen-bond donors (Lipinski definition) is 1. The molecule has 2 rings (SSSR count). The lowest BCUT2D eigenvalue weighted by Gasteiger charge is -2.15. The highest BCUT2D eigenvalue weighted by atomic mass is 79.9. The largest absolute Gasteiger partial charge is 0.358 e. The van der Waals surface area contributed by atoms with Crippen LogP contribution in [0.25, 0.3) is 0 Å². The molecule has 0 radical (unpaired) electrons. The zero-order valence-electron chi connectivity index (χ0n) is 9.40. The molecule has 4 heteroatoms. The molecule has 1 heterocycles. The van der Waals surface area contributed by atoms with E-state index >= 15 is 0 Å². The average molecular weight is 299 g/mol. The first-order valence-corrected chi connectivity index (χ1v) is 7.05. The number of nitrogens with zero attached hydrogens (tertiary/aromatic N) is 1. The summed E-state index contributed by atoms with van der Waals surface area (Å²) in [7, 11) is 0. The summed E-state index contributed by atoms with van der Waals surface area (Å²) in [5, 5.41) is 5.12. The first-order valence-electron chi connectivity index (χ1n) is 5.38. The fraction of sp³-hybridized carbons (Fsp3) is 0.417. The molecule has 2 atom stereocenters. The van der Waals surface area contributed by atoms with Crippen molar-refractivity contribution >= 4 is 32.9 Å². The van der Waals surface area contributed by atoms with Crippen LogP contribution in [0.3, 0.4) is 0 Å². The lowest BCUT2D eigenvalue weighted by atomic mass is 10.1. The topological polar surface area (TPSA) is 24.4 Å². The molecule has 0 saturated carbocycles. The molecule has 86 valence electrons. The maximum Gasteiger partial charge on any atom is 0.157 e. The van der Waals surface area contributed by atoms with Gasteiger partial charge in [-0.15, -0.1) is 0 Å². The van der Waals surface area contributed by atoms with Gasteiger partial charge in [0.1, 0.15) is 0 Å². The number of rotatable bonds is 2. The smallest absolute Gasteiger partial charge is 0.157 e. The van der Waals surface area contributed by atoms with E-state index in [0.717, 1.165) is 16.2 Å². The molecule has 1 aliphatic rings. The predicted molar refractivity (Wildman–Crippen MR) is 75.0 cm³/mol. The van der Waals surface area contributed by atoms with Gasteiger partial charge in [-0.3, -0.25) is 4.99 Å². The van der Waals surface area contributed by atoms with Crippen molar-refractivity contribution in [1.82, 2.24) is 5.32 Å². The summed E-state index contributed by atoms with van der Waals surface area (Å²) in [6.07, 6.45) is 0. The van der Waals surface area contributed by atoms with Gasteiger partial charge >= 0.3 is 0 Å². The monoisotopic (exact) mass is 298 g/mol. The van der Waals surface area contributed by atoms with Crippen LogP contribution in [0.4, 0.5) is 0 Å². The zero-order chi connectivity index (χ0) is 11.5. The molecule has 1 aromatic rings. The number of aliphatic imine (C=N–C) groups is 1. The highest BCUT2D eigenvalue weighted by molar-refractivity contribution is 9.10. The fourth-order valence-corrected chi connectivity index (χ4v) is 2.94. The molecule has 1 aromatic carbocycles. The van der Waals surface area contributed by atoms with Crippen LogP contribution in [0.15, 0.2) is 33.7 Å². The number of halogens is 1. The predicted octanol–water partition coefficient (Wildman–Crippen LogP) is 3.59. The van der Waals surface area contributed by atoms with Gasteiger partial charge in [-0.25, -0.2) is 0 Å². The fourth-order valence-electron chi connectivity index (χ4n) is 1.60. The van der Waals surface area contributed by atoms with E-state index in [1.54, 1.807) is 0 Å². The van der Waals surface area contributed by atoms with E-state index in [2.05, 4.69) is 58.3 Å². The third-order valence-corrected chi connectivity index (χ3v) is 4.01. The molecule has 0 spiro atoms. The lowest BCUT2D eigenvalue weighted by Crippen LogP contribution is -2.23. The first kappa shape index (κ1) is 12.0. The van der Waals surface area contributed by atoms with E-state index in [-0.39, 0.29) is 0 Å². The molecule has 0 fully saturated rings. The van der Waals surface area contributed by atoms with Crippen LogP contribution in [0, 0.1) is 0 Å². The zero-order valence-corrected chi connectivity index (χ0v) is 11.8. The molecular weight excluding hydrogens is 284 g/mol. The van der Waals surface area contributed by atoms with Gasteiger partial charge in [-0.05, 0) is 24.6 Å². The molecule has 0 amide bonds. The second-order valence-electron chi connectivity index (χ2n) is 4.00. The van der Waals surface area contributed by atoms with Gasteiger partial charge in [0, 0.05) is 9.72 Å². The van der Waals surface area contributed by atoms with Gasteiger partial charge < -0.3 is 5.32 Å². The van der Waals surface area contributed by atoms with E-state index < -0.39 is 0 Å². The second kappa shape index (κ2) is 5.23. The lowest BCUT2D eigenvalue weighted by molar-refractivity contribution is 0.722. The van der Waals surface area contributed by atoms with Crippen LogP contribution >= 0.6 is 27.7 Å². The second-order valence-corrected chi connectivity index (χ2v) is 6.34. The van der Waals surface area contributed by atoms with Gasteiger partial charge in [0.15, 0.2) is 5.17 Å². The van der Waals surface area contributed by atoms with Crippen molar-refractivity contribution in [3.05, 3.63) is 34.3 Å². The molecule has 1 N–H and O–H groups in total.